The Bertz CT molecular complexity index is 782. The number of furan rings is 1. The van der Waals surface area contributed by atoms with Gasteiger partial charge in [-0.05, 0) is 43.3 Å². The number of hydrogen-bond acceptors (Lipinski definition) is 6. The third-order valence-electron chi connectivity index (χ3n) is 3.16. The topological polar surface area (TPSA) is 76.4 Å². The van der Waals surface area contributed by atoms with Crippen LogP contribution in [0.5, 0.6) is 5.75 Å². The van der Waals surface area contributed by atoms with Gasteiger partial charge in [-0.2, -0.15) is 0 Å². The fourth-order valence-electron chi connectivity index (χ4n) is 2.03. The molecule has 0 spiro atoms. The molecule has 0 bridgehead atoms. The Morgan fingerprint density at radius 2 is 2.12 bits per heavy atom. The number of ether oxygens (including phenoxy) is 1. The van der Waals surface area contributed by atoms with Crippen molar-refractivity contribution in [3.05, 3.63) is 59.5 Å². The summed E-state index contributed by atoms with van der Waals surface area (Å²) >= 11 is 1.37. The van der Waals surface area contributed by atoms with Gasteiger partial charge in [0.15, 0.2) is 5.13 Å². The first-order valence-electron chi connectivity index (χ1n) is 7.50. The number of hydrogen-bond donors (Lipinski definition) is 2. The highest BCUT2D eigenvalue weighted by Crippen LogP contribution is 2.23. The summed E-state index contributed by atoms with van der Waals surface area (Å²) in [6.45, 7) is 2.92. The fourth-order valence-corrected chi connectivity index (χ4v) is 2.74. The number of carbonyl (C=O) groups is 1. The molecule has 3 aromatic rings. The summed E-state index contributed by atoms with van der Waals surface area (Å²) < 4.78 is 10.6. The van der Waals surface area contributed by atoms with Crippen molar-refractivity contribution in [3.8, 4) is 5.75 Å². The molecule has 0 saturated carbocycles. The Morgan fingerprint density at radius 3 is 2.83 bits per heavy atom. The first kappa shape index (κ1) is 16.1. The van der Waals surface area contributed by atoms with E-state index in [1.54, 1.807) is 23.8 Å². The van der Waals surface area contributed by atoms with E-state index in [0.29, 0.717) is 29.7 Å². The molecule has 1 aromatic carbocycles. The lowest BCUT2D eigenvalue weighted by molar-refractivity contribution is 0.0944. The second-order valence-electron chi connectivity index (χ2n) is 4.88. The van der Waals surface area contributed by atoms with Crippen LogP contribution >= 0.6 is 11.3 Å². The number of rotatable bonds is 7. The third kappa shape index (κ3) is 4.14. The van der Waals surface area contributed by atoms with Gasteiger partial charge in [-0.25, -0.2) is 4.98 Å². The van der Waals surface area contributed by atoms with Gasteiger partial charge in [-0.3, -0.25) is 4.79 Å². The van der Waals surface area contributed by atoms with Crippen molar-refractivity contribution in [1.82, 2.24) is 10.3 Å². The van der Waals surface area contributed by atoms with Gasteiger partial charge >= 0.3 is 0 Å². The van der Waals surface area contributed by atoms with E-state index in [4.69, 9.17) is 9.15 Å². The number of anilines is 2. The molecular formula is C17H17N3O3S. The van der Waals surface area contributed by atoms with E-state index in [9.17, 15) is 4.79 Å². The van der Waals surface area contributed by atoms with E-state index in [0.717, 1.165) is 11.4 Å². The molecule has 0 aliphatic heterocycles. The Hall–Kier alpha value is -2.80. The molecule has 2 aromatic heterocycles. The summed E-state index contributed by atoms with van der Waals surface area (Å²) in [5.41, 5.74) is 1.26. The summed E-state index contributed by atoms with van der Waals surface area (Å²) in [5, 5.41) is 8.31. The van der Waals surface area contributed by atoms with Crippen LogP contribution in [0.15, 0.2) is 52.5 Å². The van der Waals surface area contributed by atoms with Gasteiger partial charge in [0.1, 0.15) is 17.2 Å². The Kier molecular flexibility index (Phi) is 5.12. The van der Waals surface area contributed by atoms with Crippen molar-refractivity contribution in [1.29, 1.82) is 0 Å². The van der Waals surface area contributed by atoms with E-state index in [1.165, 1.54) is 11.3 Å². The predicted molar refractivity (Wildman–Crippen MR) is 92.9 cm³/mol. The van der Waals surface area contributed by atoms with E-state index >= 15 is 0 Å². The molecule has 124 valence electrons. The first-order chi connectivity index (χ1) is 11.7. The van der Waals surface area contributed by atoms with Gasteiger partial charge in [0.05, 0.1) is 19.4 Å². The number of aromatic nitrogens is 1. The van der Waals surface area contributed by atoms with Crippen LogP contribution in [0.1, 0.15) is 23.2 Å². The molecule has 24 heavy (non-hydrogen) atoms. The average Bonchev–Trinajstić information content (AvgIpc) is 3.26. The zero-order chi connectivity index (χ0) is 16.8. The van der Waals surface area contributed by atoms with Crippen molar-refractivity contribution >= 4 is 28.1 Å². The van der Waals surface area contributed by atoms with Crippen LogP contribution in [0.4, 0.5) is 10.8 Å². The van der Waals surface area contributed by atoms with Gasteiger partial charge < -0.3 is 19.8 Å². The smallest absolute Gasteiger partial charge is 0.271 e. The lowest BCUT2D eigenvalue weighted by Gasteiger charge is -2.05. The van der Waals surface area contributed by atoms with Crippen LogP contribution in [-0.2, 0) is 6.54 Å². The van der Waals surface area contributed by atoms with Gasteiger partial charge in [0.2, 0.25) is 0 Å². The number of nitrogens with one attached hydrogen (secondary N) is 2. The standard InChI is InChI=1S/C17H17N3O3S/c1-2-22-13-7-5-12(6-8-13)19-17-20-15(11-24-17)16(21)18-10-14-4-3-9-23-14/h3-9,11H,2,10H2,1H3,(H,18,21)(H,19,20). The molecule has 3 rings (SSSR count). The molecule has 2 heterocycles. The Labute approximate surface area is 143 Å². The highest BCUT2D eigenvalue weighted by molar-refractivity contribution is 7.14. The zero-order valence-corrected chi connectivity index (χ0v) is 13.9. The van der Waals surface area contributed by atoms with Gasteiger partial charge in [-0.1, -0.05) is 0 Å². The molecule has 1 amide bonds. The molecule has 0 saturated heterocycles. The molecule has 0 aliphatic carbocycles. The molecule has 7 heteroatoms. The van der Waals surface area contributed by atoms with Gasteiger partial charge in [0, 0.05) is 11.1 Å². The minimum Gasteiger partial charge on any atom is -0.494 e. The van der Waals surface area contributed by atoms with E-state index < -0.39 is 0 Å². The molecule has 0 unspecified atom stereocenters. The van der Waals surface area contributed by atoms with Crippen molar-refractivity contribution in [2.75, 3.05) is 11.9 Å². The van der Waals surface area contributed by atoms with Crippen LogP contribution in [0, 0.1) is 0 Å². The summed E-state index contributed by atoms with van der Waals surface area (Å²) in [4.78, 5) is 16.4. The second-order valence-corrected chi connectivity index (χ2v) is 5.74. The summed E-state index contributed by atoms with van der Waals surface area (Å²) in [6.07, 6.45) is 1.57. The summed E-state index contributed by atoms with van der Waals surface area (Å²) in [5.74, 6) is 1.29. The average molecular weight is 343 g/mol. The number of carbonyl (C=O) groups excluding carboxylic acids is 1. The molecule has 0 atom stereocenters. The largest absolute Gasteiger partial charge is 0.494 e. The van der Waals surface area contributed by atoms with Crippen LogP contribution < -0.4 is 15.4 Å². The van der Waals surface area contributed by atoms with E-state index in [1.807, 2.05) is 31.2 Å². The van der Waals surface area contributed by atoms with Crippen molar-refractivity contribution in [2.45, 2.75) is 13.5 Å². The zero-order valence-electron chi connectivity index (χ0n) is 13.1. The maximum Gasteiger partial charge on any atom is 0.271 e. The van der Waals surface area contributed by atoms with E-state index in [-0.39, 0.29) is 5.91 Å². The maximum atomic E-state index is 12.1. The molecule has 0 aliphatic rings. The monoisotopic (exact) mass is 343 g/mol. The number of thiazole rings is 1. The van der Waals surface area contributed by atoms with Crippen LogP contribution in [0.25, 0.3) is 0 Å². The molecule has 2 N–H and O–H groups in total. The quantitative estimate of drug-likeness (QED) is 0.682. The van der Waals surface area contributed by atoms with Gasteiger partial charge in [-0.15, -0.1) is 11.3 Å². The van der Waals surface area contributed by atoms with Crippen molar-refractivity contribution in [2.24, 2.45) is 0 Å². The minimum absolute atomic E-state index is 0.234. The Balaban J connectivity index is 1.57. The SMILES string of the molecule is CCOc1ccc(Nc2nc(C(=O)NCc3ccco3)cs2)cc1. The minimum atomic E-state index is -0.234. The van der Waals surface area contributed by atoms with Crippen LogP contribution in [-0.4, -0.2) is 17.5 Å². The third-order valence-corrected chi connectivity index (χ3v) is 3.91. The number of nitrogens with zero attached hydrogens (tertiary/aromatic N) is 1. The molecule has 0 fully saturated rings. The van der Waals surface area contributed by atoms with Crippen LogP contribution in [0.2, 0.25) is 0 Å². The fraction of sp³-hybridized carbons (Fsp3) is 0.176. The molecule has 0 radical (unpaired) electrons. The molecular weight excluding hydrogens is 326 g/mol. The normalized spacial score (nSPS) is 10.4. The maximum absolute atomic E-state index is 12.1. The number of benzene rings is 1. The lowest BCUT2D eigenvalue weighted by Crippen LogP contribution is -2.22. The number of amides is 1. The predicted octanol–water partition coefficient (Wildman–Crippen LogP) is 3.81. The summed E-state index contributed by atoms with van der Waals surface area (Å²) in [6, 6.07) is 11.2. The first-order valence-corrected chi connectivity index (χ1v) is 8.38. The van der Waals surface area contributed by atoms with E-state index in [2.05, 4.69) is 15.6 Å². The molecule has 6 nitrogen and oxygen atoms in total. The van der Waals surface area contributed by atoms with Crippen molar-refractivity contribution in [3.63, 3.8) is 0 Å². The highest BCUT2D eigenvalue weighted by atomic mass is 32.1. The summed E-state index contributed by atoms with van der Waals surface area (Å²) in [7, 11) is 0. The van der Waals surface area contributed by atoms with Crippen LogP contribution in [0.3, 0.4) is 0 Å². The Morgan fingerprint density at radius 1 is 1.29 bits per heavy atom. The lowest BCUT2D eigenvalue weighted by atomic mass is 10.3. The second kappa shape index (κ2) is 7.65. The highest BCUT2D eigenvalue weighted by Gasteiger charge is 2.11. The van der Waals surface area contributed by atoms with Crippen molar-refractivity contribution < 1.29 is 13.9 Å². The van der Waals surface area contributed by atoms with Gasteiger partial charge in [0.25, 0.3) is 5.91 Å².